The van der Waals surface area contributed by atoms with Crippen LogP contribution < -0.4 is 11.1 Å². The maximum absolute atomic E-state index is 10.8. The molecule has 5 nitrogen and oxygen atoms in total. The van der Waals surface area contributed by atoms with Gasteiger partial charge in [0.2, 0.25) is 5.91 Å². The third kappa shape index (κ3) is 9.09. The first-order valence-electron chi connectivity index (χ1n) is 6.16. The van der Waals surface area contributed by atoms with Crippen LogP contribution in [0.4, 0.5) is 0 Å². The molecule has 3 N–H and O–H groups in total. The lowest BCUT2D eigenvalue weighted by Gasteiger charge is -2.25. The van der Waals surface area contributed by atoms with Gasteiger partial charge in [0.25, 0.3) is 0 Å². The lowest BCUT2D eigenvalue weighted by Crippen LogP contribution is -2.41. The number of ether oxygens (including phenoxy) is 1. The Bertz CT molecular complexity index is 222. The molecular weight excluding hydrogens is 218 g/mol. The Hall–Kier alpha value is -0.650. The van der Waals surface area contributed by atoms with E-state index in [2.05, 4.69) is 19.2 Å². The van der Waals surface area contributed by atoms with Crippen LogP contribution in [0.1, 0.15) is 27.7 Å². The van der Waals surface area contributed by atoms with Gasteiger partial charge in [-0.1, -0.05) is 13.8 Å². The number of carbonyl (C=O) groups excluding carboxylic acids is 1. The predicted molar refractivity (Wildman–Crippen MR) is 69.8 cm³/mol. The lowest BCUT2D eigenvalue weighted by atomic mass is 10.3. The van der Waals surface area contributed by atoms with E-state index in [0.29, 0.717) is 12.6 Å². The molecule has 102 valence electrons. The molecule has 0 bridgehead atoms. The van der Waals surface area contributed by atoms with Crippen LogP contribution in [0, 0.1) is 0 Å². The van der Waals surface area contributed by atoms with Crippen molar-refractivity contribution in [1.29, 1.82) is 0 Å². The van der Waals surface area contributed by atoms with Crippen LogP contribution in [-0.2, 0) is 9.53 Å². The zero-order valence-electron chi connectivity index (χ0n) is 11.7. The molecule has 2 unspecified atom stereocenters. The van der Waals surface area contributed by atoms with E-state index < -0.39 is 0 Å². The highest BCUT2D eigenvalue weighted by atomic mass is 16.5. The first kappa shape index (κ1) is 16.4. The summed E-state index contributed by atoms with van der Waals surface area (Å²) in [5.41, 5.74) is 5.14. The maximum Gasteiger partial charge on any atom is 0.231 e. The van der Waals surface area contributed by atoms with Crippen LogP contribution in [0.2, 0.25) is 0 Å². The molecule has 2 atom stereocenters. The van der Waals surface area contributed by atoms with Crippen molar-refractivity contribution in [3.05, 3.63) is 0 Å². The minimum Gasteiger partial charge on any atom is -0.376 e. The van der Waals surface area contributed by atoms with Gasteiger partial charge in [0.05, 0.1) is 19.3 Å². The highest BCUT2D eigenvalue weighted by molar-refractivity contribution is 5.75. The highest BCUT2D eigenvalue weighted by Crippen LogP contribution is 1.99. The summed E-state index contributed by atoms with van der Waals surface area (Å²) >= 11 is 0. The molecule has 0 rings (SSSR count). The predicted octanol–water partition coefficient (Wildman–Crippen LogP) is 0.195. The summed E-state index contributed by atoms with van der Waals surface area (Å²) in [6.45, 7) is 9.98. The average molecular weight is 245 g/mol. The van der Waals surface area contributed by atoms with E-state index in [-0.39, 0.29) is 24.6 Å². The number of hydrogen-bond acceptors (Lipinski definition) is 4. The van der Waals surface area contributed by atoms with Gasteiger partial charge in [-0.2, -0.15) is 0 Å². The third-order valence-electron chi connectivity index (χ3n) is 2.59. The molecule has 5 heteroatoms. The van der Waals surface area contributed by atoms with Gasteiger partial charge in [-0.05, 0) is 20.9 Å². The zero-order valence-corrected chi connectivity index (χ0v) is 11.7. The van der Waals surface area contributed by atoms with Crippen LogP contribution in [0.3, 0.4) is 0 Å². The lowest BCUT2D eigenvalue weighted by molar-refractivity contribution is -0.119. The van der Waals surface area contributed by atoms with Crippen LogP contribution >= 0.6 is 0 Å². The second-order valence-corrected chi connectivity index (χ2v) is 4.94. The average Bonchev–Trinajstić information content (AvgIpc) is 2.21. The molecule has 17 heavy (non-hydrogen) atoms. The topological polar surface area (TPSA) is 67.6 Å². The minimum atomic E-state index is -0.311. The molecule has 0 spiro atoms. The second-order valence-electron chi connectivity index (χ2n) is 4.94. The highest BCUT2D eigenvalue weighted by Gasteiger charge is 2.13. The largest absolute Gasteiger partial charge is 0.376 e. The maximum atomic E-state index is 10.8. The van der Waals surface area contributed by atoms with E-state index >= 15 is 0 Å². The summed E-state index contributed by atoms with van der Waals surface area (Å²) in [7, 11) is 1.87. The van der Waals surface area contributed by atoms with Crippen molar-refractivity contribution < 1.29 is 9.53 Å². The number of rotatable bonds is 9. The van der Waals surface area contributed by atoms with Crippen molar-refractivity contribution in [1.82, 2.24) is 10.2 Å². The monoisotopic (exact) mass is 245 g/mol. The van der Waals surface area contributed by atoms with Gasteiger partial charge in [0, 0.05) is 18.6 Å². The van der Waals surface area contributed by atoms with Gasteiger partial charge >= 0.3 is 0 Å². The van der Waals surface area contributed by atoms with E-state index in [1.165, 1.54) is 0 Å². The molecule has 0 saturated heterocycles. The molecule has 0 aliphatic heterocycles. The van der Waals surface area contributed by atoms with Gasteiger partial charge in [-0.25, -0.2) is 0 Å². The summed E-state index contributed by atoms with van der Waals surface area (Å²) < 4.78 is 5.70. The Morgan fingerprint density at radius 1 is 1.35 bits per heavy atom. The normalized spacial score (nSPS) is 15.2. The molecule has 0 heterocycles. The standard InChI is InChI=1S/C12H27N3O2/c1-9(2)14-6-11(4)17-8-10(3)15(5)7-12(13)16/h9-11,14H,6-8H2,1-5H3,(H2,13,16). The van der Waals surface area contributed by atoms with Gasteiger partial charge < -0.3 is 15.8 Å². The summed E-state index contributed by atoms with van der Waals surface area (Å²) in [5.74, 6) is -0.311. The van der Waals surface area contributed by atoms with Crippen molar-refractivity contribution in [3.63, 3.8) is 0 Å². The SMILES string of the molecule is CC(C)NCC(C)OCC(C)N(C)CC(N)=O. The van der Waals surface area contributed by atoms with Gasteiger partial charge in [-0.3, -0.25) is 9.69 Å². The quantitative estimate of drug-likeness (QED) is 0.609. The van der Waals surface area contributed by atoms with E-state index in [9.17, 15) is 4.79 Å². The fraction of sp³-hybridized carbons (Fsp3) is 0.917. The second kappa shape index (κ2) is 8.44. The fourth-order valence-electron chi connectivity index (χ4n) is 1.29. The molecule has 0 fully saturated rings. The Morgan fingerprint density at radius 3 is 2.41 bits per heavy atom. The van der Waals surface area contributed by atoms with Gasteiger partial charge in [-0.15, -0.1) is 0 Å². The van der Waals surface area contributed by atoms with Crippen LogP contribution in [0.25, 0.3) is 0 Å². The molecule has 0 aromatic heterocycles. The summed E-state index contributed by atoms with van der Waals surface area (Å²) in [4.78, 5) is 12.7. The van der Waals surface area contributed by atoms with Gasteiger partial charge in [0.15, 0.2) is 0 Å². The Kier molecular flexibility index (Phi) is 8.12. The number of likely N-dealkylation sites (N-methyl/N-ethyl adjacent to an activating group) is 1. The van der Waals surface area contributed by atoms with E-state index in [4.69, 9.17) is 10.5 Å². The van der Waals surface area contributed by atoms with Crippen molar-refractivity contribution in [2.75, 3.05) is 26.7 Å². The molecule has 0 radical (unpaired) electrons. The number of carbonyl (C=O) groups is 1. The first-order valence-corrected chi connectivity index (χ1v) is 6.16. The van der Waals surface area contributed by atoms with E-state index in [1.807, 2.05) is 25.8 Å². The van der Waals surface area contributed by atoms with Crippen LogP contribution in [0.5, 0.6) is 0 Å². The minimum absolute atomic E-state index is 0.168. The first-order chi connectivity index (χ1) is 7.82. The Morgan fingerprint density at radius 2 is 1.94 bits per heavy atom. The third-order valence-corrected chi connectivity index (χ3v) is 2.59. The molecule has 0 aliphatic carbocycles. The summed E-state index contributed by atoms with van der Waals surface area (Å²) in [6, 6.07) is 0.653. The van der Waals surface area contributed by atoms with Crippen LogP contribution in [0.15, 0.2) is 0 Å². The Labute approximate surface area is 105 Å². The Balaban J connectivity index is 3.74. The van der Waals surface area contributed by atoms with Crippen molar-refractivity contribution in [2.24, 2.45) is 5.73 Å². The number of nitrogens with two attached hydrogens (primary N) is 1. The number of nitrogens with one attached hydrogen (secondary N) is 1. The van der Waals surface area contributed by atoms with Crippen molar-refractivity contribution in [3.8, 4) is 0 Å². The summed E-state index contributed by atoms with van der Waals surface area (Å²) in [5, 5.41) is 3.32. The van der Waals surface area contributed by atoms with E-state index in [0.717, 1.165) is 6.54 Å². The van der Waals surface area contributed by atoms with Gasteiger partial charge in [0.1, 0.15) is 0 Å². The summed E-state index contributed by atoms with van der Waals surface area (Å²) in [6.07, 6.45) is 0.168. The van der Waals surface area contributed by atoms with Crippen LogP contribution in [-0.4, -0.2) is 55.7 Å². The van der Waals surface area contributed by atoms with Crippen molar-refractivity contribution in [2.45, 2.75) is 45.9 Å². The van der Waals surface area contributed by atoms with Crippen molar-refractivity contribution >= 4 is 5.91 Å². The van der Waals surface area contributed by atoms with E-state index in [1.54, 1.807) is 0 Å². The molecule has 0 aliphatic rings. The number of nitrogens with zero attached hydrogens (tertiary/aromatic N) is 1. The number of amides is 1. The molecule has 0 aromatic rings. The molecule has 0 aromatic carbocycles. The molecule has 0 saturated carbocycles. The fourth-order valence-corrected chi connectivity index (χ4v) is 1.29. The number of hydrogen-bond donors (Lipinski definition) is 2. The number of primary amides is 1. The molecular formula is C12H27N3O2. The zero-order chi connectivity index (χ0) is 13.4. The smallest absolute Gasteiger partial charge is 0.231 e. The molecule has 1 amide bonds.